The number of aromatic nitrogens is 2. The van der Waals surface area contributed by atoms with Crippen molar-refractivity contribution < 1.29 is 13.2 Å². The summed E-state index contributed by atoms with van der Waals surface area (Å²) in [6.07, 6.45) is 4.28. The highest BCUT2D eigenvalue weighted by Gasteiger charge is 2.17. The molecule has 0 radical (unpaired) electrons. The molecular formula is C14H20N4O3S2. The van der Waals surface area contributed by atoms with Crippen molar-refractivity contribution >= 4 is 27.3 Å². The molecule has 2 heterocycles. The van der Waals surface area contributed by atoms with Gasteiger partial charge in [-0.15, -0.1) is 11.3 Å². The largest absolute Gasteiger partial charge is 0.366 e. The molecule has 2 aromatic rings. The van der Waals surface area contributed by atoms with Crippen molar-refractivity contribution in [2.75, 3.05) is 6.54 Å². The van der Waals surface area contributed by atoms with Crippen LogP contribution in [-0.4, -0.2) is 30.4 Å². The maximum absolute atomic E-state index is 12.1. The zero-order valence-electron chi connectivity index (χ0n) is 13.0. The number of carbonyl (C=O) groups is 1. The van der Waals surface area contributed by atoms with E-state index in [0.29, 0.717) is 25.4 Å². The Morgan fingerprint density at radius 3 is 2.83 bits per heavy atom. The monoisotopic (exact) mass is 356 g/mol. The Morgan fingerprint density at radius 1 is 1.48 bits per heavy atom. The first-order valence-corrected chi connectivity index (χ1v) is 9.56. The molecule has 3 N–H and O–H groups in total. The van der Waals surface area contributed by atoms with Gasteiger partial charge in [-0.1, -0.05) is 13.8 Å². The van der Waals surface area contributed by atoms with Gasteiger partial charge in [0.25, 0.3) is 0 Å². The van der Waals surface area contributed by atoms with Gasteiger partial charge in [-0.2, -0.15) is 0 Å². The van der Waals surface area contributed by atoms with Gasteiger partial charge < -0.3 is 10.3 Å². The molecule has 2 aromatic heterocycles. The molecular weight excluding hydrogens is 336 g/mol. The second kappa shape index (κ2) is 7.24. The molecule has 0 bridgehead atoms. The van der Waals surface area contributed by atoms with E-state index in [4.69, 9.17) is 5.73 Å². The van der Waals surface area contributed by atoms with E-state index in [0.717, 1.165) is 17.2 Å². The number of hydrogen-bond acceptors (Lipinski definition) is 5. The average Bonchev–Trinajstić information content (AvgIpc) is 3.12. The van der Waals surface area contributed by atoms with Crippen molar-refractivity contribution in [3.63, 3.8) is 0 Å². The number of thiophene rings is 1. The Balaban J connectivity index is 1.89. The SMILES string of the molecule is CC(C)c1nccn1CCCNS(=O)(=O)c1cc(C(N)=O)cs1. The third-order valence-electron chi connectivity index (χ3n) is 3.26. The highest BCUT2D eigenvalue weighted by atomic mass is 32.2. The van der Waals surface area contributed by atoms with E-state index in [9.17, 15) is 13.2 Å². The second-order valence-corrected chi connectivity index (χ2v) is 8.31. The number of hydrogen-bond donors (Lipinski definition) is 2. The predicted molar refractivity (Wildman–Crippen MR) is 89.0 cm³/mol. The van der Waals surface area contributed by atoms with E-state index < -0.39 is 15.9 Å². The third-order valence-corrected chi connectivity index (χ3v) is 6.16. The average molecular weight is 356 g/mol. The molecule has 0 aliphatic heterocycles. The Kier molecular flexibility index (Phi) is 5.55. The molecule has 9 heteroatoms. The lowest BCUT2D eigenvalue weighted by molar-refractivity contribution is 0.100. The molecule has 0 unspecified atom stereocenters. The fourth-order valence-electron chi connectivity index (χ4n) is 2.12. The first-order chi connectivity index (χ1) is 10.8. The number of nitrogens with two attached hydrogens (primary N) is 1. The molecule has 0 aliphatic rings. The third kappa shape index (κ3) is 4.40. The summed E-state index contributed by atoms with van der Waals surface area (Å²) in [4.78, 5) is 15.3. The fourth-order valence-corrected chi connectivity index (χ4v) is 4.41. The lowest BCUT2D eigenvalue weighted by atomic mass is 10.2. The number of carbonyl (C=O) groups excluding carboxylic acids is 1. The van der Waals surface area contributed by atoms with Crippen molar-refractivity contribution in [1.29, 1.82) is 0 Å². The number of primary amides is 1. The number of aryl methyl sites for hydroxylation is 1. The molecule has 0 aliphatic carbocycles. The van der Waals surface area contributed by atoms with Gasteiger partial charge in [0.15, 0.2) is 0 Å². The highest BCUT2D eigenvalue weighted by Crippen LogP contribution is 2.19. The smallest absolute Gasteiger partial charge is 0.250 e. The highest BCUT2D eigenvalue weighted by molar-refractivity contribution is 7.91. The lowest BCUT2D eigenvalue weighted by Gasteiger charge is -2.10. The standard InChI is InChI=1S/C14H20N4O3S2/c1-10(2)14-16-5-7-18(14)6-3-4-17-23(20,21)12-8-11(9-22-12)13(15)19/h5,7-10,17H,3-4,6H2,1-2H3,(H2,15,19). The Labute approximate surface area is 139 Å². The van der Waals surface area contributed by atoms with E-state index in [-0.39, 0.29) is 9.77 Å². The molecule has 0 fully saturated rings. The van der Waals surface area contributed by atoms with Gasteiger partial charge in [0.1, 0.15) is 10.0 Å². The Morgan fingerprint density at radius 2 is 2.22 bits per heavy atom. The maximum Gasteiger partial charge on any atom is 0.250 e. The van der Waals surface area contributed by atoms with Crippen LogP contribution in [0.25, 0.3) is 0 Å². The number of rotatable bonds is 8. The predicted octanol–water partition coefficient (Wildman–Crippen LogP) is 1.54. The van der Waals surface area contributed by atoms with Crippen LogP contribution in [0.5, 0.6) is 0 Å². The summed E-state index contributed by atoms with van der Waals surface area (Å²) in [7, 11) is -3.60. The minimum absolute atomic E-state index is 0.0943. The summed E-state index contributed by atoms with van der Waals surface area (Å²) in [6, 6.07) is 1.29. The van der Waals surface area contributed by atoms with Gasteiger partial charge in [0.2, 0.25) is 15.9 Å². The van der Waals surface area contributed by atoms with Gasteiger partial charge in [0, 0.05) is 36.8 Å². The van der Waals surface area contributed by atoms with Crippen LogP contribution in [-0.2, 0) is 16.6 Å². The van der Waals surface area contributed by atoms with Crippen LogP contribution >= 0.6 is 11.3 Å². The summed E-state index contributed by atoms with van der Waals surface area (Å²) in [5.41, 5.74) is 5.33. The zero-order valence-corrected chi connectivity index (χ0v) is 14.7. The molecule has 1 amide bonds. The van der Waals surface area contributed by atoms with Crippen LogP contribution < -0.4 is 10.5 Å². The van der Waals surface area contributed by atoms with Crippen molar-refractivity contribution in [2.45, 2.75) is 36.9 Å². The van der Waals surface area contributed by atoms with Gasteiger partial charge >= 0.3 is 0 Å². The molecule has 23 heavy (non-hydrogen) atoms. The molecule has 2 rings (SSSR count). The topological polar surface area (TPSA) is 107 Å². The van der Waals surface area contributed by atoms with Crippen LogP contribution in [0.2, 0.25) is 0 Å². The normalized spacial score (nSPS) is 12.0. The van der Waals surface area contributed by atoms with Crippen LogP contribution in [0.4, 0.5) is 0 Å². The molecule has 0 atom stereocenters. The van der Waals surface area contributed by atoms with Crippen LogP contribution in [0.1, 0.15) is 42.4 Å². The van der Waals surface area contributed by atoms with Gasteiger partial charge in [0.05, 0.1) is 5.56 Å². The zero-order chi connectivity index (χ0) is 17.0. The van der Waals surface area contributed by atoms with Crippen LogP contribution in [0, 0.1) is 0 Å². The summed E-state index contributed by atoms with van der Waals surface area (Å²) in [6.45, 7) is 5.12. The van der Waals surface area contributed by atoms with E-state index in [1.54, 1.807) is 6.20 Å². The lowest BCUT2D eigenvalue weighted by Crippen LogP contribution is -2.25. The van der Waals surface area contributed by atoms with E-state index in [1.807, 2.05) is 10.8 Å². The molecule has 7 nitrogen and oxygen atoms in total. The molecule has 126 valence electrons. The van der Waals surface area contributed by atoms with E-state index in [1.165, 1.54) is 11.4 Å². The van der Waals surface area contributed by atoms with Gasteiger partial charge in [-0.25, -0.2) is 18.1 Å². The number of nitrogens with zero attached hydrogens (tertiary/aromatic N) is 2. The Bertz CT molecular complexity index is 778. The van der Waals surface area contributed by atoms with Crippen molar-refractivity contribution in [2.24, 2.45) is 5.73 Å². The van der Waals surface area contributed by atoms with E-state index in [2.05, 4.69) is 23.6 Å². The first kappa shape index (κ1) is 17.6. The molecule has 0 spiro atoms. The van der Waals surface area contributed by atoms with Gasteiger partial charge in [-0.05, 0) is 12.5 Å². The summed E-state index contributed by atoms with van der Waals surface area (Å²) >= 11 is 0.980. The van der Waals surface area contributed by atoms with Crippen LogP contribution in [0.15, 0.2) is 28.0 Å². The maximum atomic E-state index is 12.1. The molecule has 0 saturated heterocycles. The fraction of sp³-hybridized carbons (Fsp3) is 0.429. The Hall–Kier alpha value is -1.71. The van der Waals surface area contributed by atoms with Crippen molar-refractivity contribution in [3.8, 4) is 0 Å². The summed E-state index contributed by atoms with van der Waals surface area (Å²) < 4.78 is 28.9. The van der Waals surface area contributed by atoms with Crippen molar-refractivity contribution in [3.05, 3.63) is 35.2 Å². The van der Waals surface area contributed by atoms with Gasteiger partial charge in [-0.3, -0.25) is 4.79 Å². The summed E-state index contributed by atoms with van der Waals surface area (Å²) in [5.74, 6) is 0.668. The number of amides is 1. The number of imidazole rings is 1. The minimum atomic E-state index is -3.60. The first-order valence-electron chi connectivity index (χ1n) is 7.20. The number of sulfonamides is 1. The van der Waals surface area contributed by atoms with E-state index >= 15 is 0 Å². The number of nitrogens with one attached hydrogen (secondary N) is 1. The minimum Gasteiger partial charge on any atom is -0.366 e. The van der Waals surface area contributed by atoms with Crippen molar-refractivity contribution in [1.82, 2.24) is 14.3 Å². The second-order valence-electron chi connectivity index (χ2n) is 5.40. The molecule has 0 saturated carbocycles. The quantitative estimate of drug-likeness (QED) is 0.699. The molecule has 0 aromatic carbocycles. The van der Waals surface area contributed by atoms with Crippen LogP contribution in [0.3, 0.4) is 0 Å². The summed E-state index contributed by atoms with van der Waals surface area (Å²) in [5, 5.41) is 1.44.